The predicted molar refractivity (Wildman–Crippen MR) is 81.1 cm³/mol. The summed E-state index contributed by atoms with van der Waals surface area (Å²) in [6, 6.07) is 3.31. The van der Waals surface area contributed by atoms with Gasteiger partial charge < -0.3 is 10.4 Å². The number of halogens is 2. The van der Waals surface area contributed by atoms with E-state index in [1.54, 1.807) is 0 Å². The van der Waals surface area contributed by atoms with E-state index in [1.165, 1.54) is 24.6 Å². The molecule has 0 heterocycles. The summed E-state index contributed by atoms with van der Waals surface area (Å²) in [5, 5.41) is 11.6. The molecule has 0 aliphatic heterocycles. The van der Waals surface area contributed by atoms with Crippen LogP contribution >= 0.6 is 11.6 Å². The van der Waals surface area contributed by atoms with E-state index in [1.807, 2.05) is 0 Å². The van der Waals surface area contributed by atoms with Crippen LogP contribution in [-0.2, 0) is 9.59 Å². The summed E-state index contributed by atoms with van der Waals surface area (Å²) in [5.74, 6) is -1.27. The average molecular weight is 328 g/mol. The van der Waals surface area contributed by atoms with Crippen LogP contribution in [0.3, 0.4) is 0 Å². The van der Waals surface area contributed by atoms with Crippen molar-refractivity contribution in [2.24, 2.45) is 5.92 Å². The van der Waals surface area contributed by atoms with Gasteiger partial charge in [0.1, 0.15) is 5.82 Å². The number of carboxylic acids is 1. The third-order valence-electron chi connectivity index (χ3n) is 4.06. The van der Waals surface area contributed by atoms with Crippen molar-refractivity contribution in [1.82, 2.24) is 5.32 Å². The smallest absolute Gasteiger partial charge is 0.305 e. The quantitative estimate of drug-likeness (QED) is 0.802. The lowest BCUT2D eigenvalue weighted by atomic mass is 9.82. The topological polar surface area (TPSA) is 66.4 Å². The van der Waals surface area contributed by atoms with Gasteiger partial charge in [-0.2, -0.15) is 0 Å². The number of aliphatic carboxylic acids is 1. The molecule has 1 fully saturated rings. The monoisotopic (exact) mass is 327 g/mol. The second kappa shape index (κ2) is 7.58. The van der Waals surface area contributed by atoms with E-state index in [2.05, 4.69) is 5.32 Å². The van der Waals surface area contributed by atoms with Crippen LogP contribution in [0.4, 0.5) is 4.39 Å². The van der Waals surface area contributed by atoms with E-state index < -0.39 is 17.8 Å². The standard InChI is InChI=1S/C16H19ClFNO3/c17-12-6-5-11(8-13(12)18)14(9-16(21)22)19-15(20)7-4-10-2-1-3-10/h5-6,8,10,14H,1-4,7,9H2,(H,19,20)(H,21,22). The molecule has 1 unspecified atom stereocenters. The summed E-state index contributed by atoms with van der Waals surface area (Å²) in [4.78, 5) is 22.9. The van der Waals surface area contributed by atoms with Gasteiger partial charge >= 0.3 is 5.97 Å². The first-order valence-electron chi connectivity index (χ1n) is 7.42. The van der Waals surface area contributed by atoms with Crippen LogP contribution in [0.25, 0.3) is 0 Å². The Balaban J connectivity index is 1.99. The molecule has 1 aromatic rings. The van der Waals surface area contributed by atoms with E-state index in [0.29, 0.717) is 17.9 Å². The van der Waals surface area contributed by atoms with Gasteiger partial charge in [-0.3, -0.25) is 9.59 Å². The molecule has 2 rings (SSSR count). The van der Waals surface area contributed by atoms with Crippen LogP contribution in [0.15, 0.2) is 18.2 Å². The molecule has 1 amide bonds. The van der Waals surface area contributed by atoms with Gasteiger partial charge in [0.15, 0.2) is 0 Å². The normalized spacial score (nSPS) is 15.9. The molecule has 1 aliphatic carbocycles. The fourth-order valence-corrected chi connectivity index (χ4v) is 2.66. The van der Waals surface area contributed by atoms with E-state index in [9.17, 15) is 14.0 Å². The van der Waals surface area contributed by atoms with Crippen LogP contribution < -0.4 is 5.32 Å². The van der Waals surface area contributed by atoms with Gasteiger partial charge in [0, 0.05) is 6.42 Å². The summed E-state index contributed by atoms with van der Waals surface area (Å²) in [7, 11) is 0. The molecule has 0 bridgehead atoms. The summed E-state index contributed by atoms with van der Waals surface area (Å²) in [5.41, 5.74) is 0.404. The average Bonchev–Trinajstić information content (AvgIpc) is 2.39. The van der Waals surface area contributed by atoms with Gasteiger partial charge in [0.25, 0.3) is 0 Å². The van der Waals surface area contributed by atoms with Crippen molar-refractivity contribution in [2.45, 2.75) is 44.6 Å². The highest BCUT2D eigenvalue weighted by Gasteiger charge is 2.22. The summed E-state index contributed by atoms with van der Waals surface area (Å²) in [6.07, 6.45) is 4.44. The zero-order chi connectivity index (χ0) is 16.1. The van der Waals surface area contributed by atoms with E-state index in [0.717, 1.165) is 19.3 Å². The highest BCUT2D eigenvalue weighted by atomic mass is 35.5. The zero-order valence-corrected chi connectivity index (χ0v) is 12.9. The Morgan fingerprint density at radius 2 is 2.14 bits per heavy atom. The van der Waals surface area contributed by atoms with Gasteiger partial charge in [-0.1, -0.05) is 36.9 Å². The Morgan fingerprint density at radius 3 is 2.68 bits per heavy atom. The molecule has 0 aromatic heterocycles. The van der Waals surface area contributed by atoms with Gasteiger partial charge in [0.2, 0.25) is 5.91 Å². The number of rotatable bonds is 7. The number of carboxylic acid groups (broad SMARTS) is 1. The third kappa shape index (κ3) is 4.70. The van der Waals surface area contributed by atoms with Gasteiger partial charge in [0.05, 0.1) is 17.5 Å². The molecule has 1 saturated carbocycles. The molecule has 0 radical (unpaired) electrons. The molecule has 0 spiro atoms. The lowest BCUT2D eigenvalue weighted by Crippen LogP contribution is -2.30. The molecule has 22 heavy (non-hydrogen) atoms. The maximum atomic E-state index is 13.5. The first-order chi connectivity index (χ1) is 10.5. The van der Waals surface area contributed by atoms with Gasteiger partial charge in [-0.05, 0) is 30.0 Å². The molecule has 4 nitrogen and oxygen atoms in total. The van der Waals surface area contributed by atoms with E-state index in [4.69, 9.17) is 16.7 Å². The van der Waals surface area contributed by atoms with Crippen molar-refractivity contribution in [1.29, 1.82) is 0 Å². The van der Waals surface area contributed by atoms with E-state index >= 15 is 0 Å². The molecular weight excluding hydrogens is 309 g/mol. The molecule has 2 N–H and O–H groups in total. The van der Waals surface area contributed by atoms with Crippen LogP contribution in [0, 0.1) is 11.7 Å². The highest BCUT2D eigenvalue weighted by molar-refractivity contribution is 6.30. The third-order valence-corrected chi connectivity index (χ3v) is 4.37. The fourth-order valence-electron chi connectivity index (χ4n) is 2.54. The van der Waals surface area contributed by atoms with Crippen molar-refractivity contribution in [3.8, 4) is 0 Å². The molecule has 6 heteroatoms. The number of benzene rings is 1. The molecule has 0 saturated heterocycles. The first kappa shape index (κ1) is 16.7. The second-order valence-corrected chi connectivity index (χ2v) is 6.13. The number of amides is 1. The number of hydrogen-bond donors (Lipinski definition) is 2. The van der Waals surface area contributed by atoms with Crippen molar-refractivity contribution in [3.63, 3.8) is 0 Å². The Hall–Kier alpha value is -1.62. The Labute approximate surface area is 133 Å². The molecule has 1 aromatic carbocycles. The summed E-state index contributed by atoms with van der Waals surface area (Å²) in [6.45, 7) is 0. The number of nitrogens with one attached hydrogen (secondary N) is 1. The lowest BCUT2D eigenvalue weighted by Gasteiger charge is -2.25. The lowest BCUT2D eigenvalue weighted by molar-refractivity contribution is -0.137. The first-order valence-corrected chi connectivity index (χ1v) is 7.79. The molecule has 1 atom stereocenters. The second-order valence-electron chi connectivity index (χ2n) is 5.73. The molecular formula is C16H19ClFNO3. The predicted octanol–water partition coefficient (Wildman–Crippen LogP) is 3.69. The number of carbonyl (C=O) groups excluding carboxylic acids is 1. The number of hydrogen-bond acceptors (Lipinski definition) is 2. The summed E-state index contributed by atoms with van der Waals surface area (Å²) < 4.78 is 13.5. The van der Waals surface area contributed by atoms with Gasteiger partial charge in [-0.25, -0.2) is 4.39 Å². The highest BCUT2D eigenvalue weighted by Crippen LogP contribution is 2.30. The Bertz CT molecular complexity index is 560. The Kier molecular flexibility index (Phi) is 5.77. The summed E-state index contributed by atoms with van der Waals surface area (Å²) >= 11 is 5.63. The van der Waals surface area contributed by atoms with Crippen LogP contribution in [0.5, 0.6) is 0 Å². The van der Waals surface area contributed by atoms with Crippen molar-refractivity contribution < 1.29 is 19.1 Å². The SMILES string of the molecule is O=C(O)CC(NC(=O)CCC1CCC1)c1ccc(Cl)c(F)c1. The zero-order valence-electron chi connectivity index (χ0n) is 12.1. The largest absolute Gasteiger partial charge is 0.481 e. The molecule has 1 aliphatic rings. The van der Waals surface area contributed by atoms with Crippen molar-refractivity contribution in [3.05, 3.63) is 34.6 Å². The minimum absolute atomic E-state index is 0.0332. The van der Waals surface area contributed by atoms with Crippen LogP contribution in [-0.4, -0.2) is 17.0 Å². The number of carbonyl (C=O) groups is 2. The minimum atomic E-state index is -1.06. The Morgan fingerprint density at radius 1 is 1.41 bits per heavy atom. The van der Waals surface area contributed by atoms with Crippen LogP contribution in [0.2, 0.25) is 5.02 Å². The van der Waals surface area contributed by atoms with Crippen molar-refractivity contribution >= 4 is 23.5 Å². The maximum absolute atomic E-state index is 13.5. The van der Waals surface area contributed by atoms with E-state index in [-0.39, 0.29) is 17.4 Å². The van der Waals surface area contributed by atoms with Crippen LogP contribution in [0.1, 0.15) is 50.1 Å². The molecule has 120 valence electrons. The maximum Gasteiger partial charge on any atom is 0.305 e. The minimum Gasteiger partial charge on any atom is -0.481 e. The van der Waals surface area contributed by atoms with Gasteiger partial charge in [-0.15, -0.1) is 0 Å². The van der Waals surface area contributed by atoms with Crippen molar-refractivity contribution in [2.75, 3.05) is 0 Å². The fraction of sp³-hybridized carbons (Fsp3) is 0.500.